The summed E-state index contributed by atoms with van der Waals surface area (Å²) in [5.74, 6) is -0.929. The predicted molar refractivity (Wildman–Crippen MR) is 132 cm³/mol. The summed E-state index contributed by atoms with van der Waals surface area (Å²) in [4.78, 5) is 49.2. The van der Waals surface area contributed by atoms with Gasteiger partial charge in [0.15, 0.2) is 0 Å². The van der Waals surface area contributed by atoms with Gasteiger partial charge in [0, 0.05) is 30.9 Å². The minimum absolute atomic E-state index is 0.0454. The molecule has 1 rings (SSSR count). The molecule has 0 aromatic rings. The molecule has 10 nitrogen and oxygen atoms in total. The van der Waals surface area contributed by atoms with Crippen LogP contribution in [0.15, 0.2) is 12.2 Å². The van der Waals surface area contributed by atoms with Gasteiger partial charge in [0.2, 0.25) is 23.6 Å². The maximum absolute atomic E-state index is 12.8. The van der Waals surface area contributed by atoms with E-state index < -0.39 is 42.0 Å². The first kappa shape index (κ1) is 29.9. The van der Waals surface area contributed by atoms with E-state index in [9.17, 15) is 24.3 Å². The summed E-state index contributed by atoms with van der Waals surface area (Å²) in [6, 6.07) is -2.45. The molecule has 0 unspecified atom stereocenters. The Morgan fingerprint density at radius 1 is 1.26 bits per heavy atom. The van der Waals surface area contributed by atoms with Gasteiger partial charge in [-0.2, -0.15) is 11.8 Å². The van der Waals surface area contributed by atoms with Crippen molar-refractivity contribution in [3.63, 3.8) is 0 Å². The van der Waals surface area contributed by atoms with Crippen LogP contribution in [0.4, 0.5) is 0 Å². The summed E-state index contributed by atoms with van der Waals surface area (Å²) in [7, 11) is 0. The molecule has 5 atom stereocenters. The first-order chi connectivity index (χ1) is 16.1. The fraction of sp³-hybridized carbons (Fsp3) is 0.739. The lowest BCUT2D eigenvalue weighted by atomic mass is 9.97. The van der Waals surface area contributed by atoms with E-state index in [2.05, 4.69) is 21.3 Å². The molecule has 5 N–H and O–H groups in total. The monoisotopic (exact) mass is 500 g/mol. The molecule has 34 heavy (non-hydrogen) atoms. The summed E-state index contributed by atoms with van der Waals surface area (Å²) in [5.41, 5.74) is 0. The number of hydrogen-bond donors (Lipinski definition) is 5. The molecule has 4 amide bonds. The van der Waals surface area contributed by atoms with E-state index in [1.165, 1.54) is 25.6 Å². The zero-order chi connectivity index (χ0) is 25.5. The van der Waals surface area contributed by atoms with Crippen molar-refractivity contribution >= 4 is 35.4 Å². The number of rotatable bonds is 8. The molecular formula is C23H40N4O6S. The third-order valence-corrected chi connectivity index (χ3v) is 6.28. The Hall–Kier alpha value is -2.11. The minimum atomic E-state index is -1.03. The molecule has 0 spiro atoms. The average Bonchev–Trinajstić information content (AvgIpc) is 2.78. The topological polar surface area (TPSA) is 146 Å². The van der Waals surface area contributed by atoms with Crippen LogP contribution < -0.4 is 21.3 Å². The second-order valence-electron chi connectivity index (χ2n) is 8.49. The summed E-state index contributed by atoms with van der Waals surface area (Å²) < 4.78 is 5.63. The summed E-state index contributed by atoms with van der Waals surface area (Å²) in [6.45, 7) is 7.54. The summed E-state index contributed by atoms with van der Waals surface area (Å²) >= 11 is 1.47. The van der Waals surface area contributed by atoms with Gasteiger partial charge < -0.3 is 31.1 Å². The van der Waals surface area contributed by atoms with Gasteiger partial charge in [0.25, 0.3) is 0 Å². The second kappa shape index (κ2) is 16.5. The Labute approximate surface area is 206 Å². The molecule has 0 bridgehead atoms. The van der Waals surface area contributed by atoms with Crippen LogP contribution in [0.3, 0.4) is 0 Å². The summed E-state index contributed by atoms with van der Waals surface area (Å²) in [6.07, 6.45) is 4.67. The van der Waals surface area contributed by atoms with E-state index in [0.717, 1.165) is 12.8 Å². The first-order valence-corrected chi connectivity index (χ1v) is 12.9. The zero-order valence-corrected chi connectivity index (χ0v) is 21.4. The van der Waals surface area contributed by atoms with Gasteiger partial charge >= 0.3 is 0 Å². The molecule has 0 aliphatic carbocycles. The molecule has 1 aliphatic rings. The number of unbranched alkanes of at least 4 members (excludes halogenated alkanes) is 1. The van der Waals surface area contributed by atoms with E-state index in [-0.39, 0.29) is 31.4 Å². The van der Waals surface area contributed by atoms with Crippen LogP contribution in [0.2, 0.25) is 0 Å². The minimum Gasteiger partial charge on any atom is -0.391 e. The third kappa shape index (κ3) is 11.8. The van der Waals surface area contributed by atoms with Gasteiger partial charge in [-0.05, 0) is 19.8 Å². The van der Waals surface area contributed by atoms with Crippen molar-refractivity contribution in [1.82, 2.24) is 21.3 Å². The van der Waals surface area contributed by atoms with Crippen molar-refractivity contribution < 1.29 is 29.0 Å². The van der Waals surface area contributed by atoms with E-state index in [0.29, 0.717) is 18.1 Å². The van der Waals surface area contributed by atoms with Crippen molar-refractivity contribution in [2.24, 2.45) is 5.92 Å². The van der Waals surface area contributed by atoms with Gasteiger partial charge in [-0.25, -0.2) is 0 Å². The smallest absolute Gasteiger partial charge is 0.244 e. The lowest BCUT2D eigenvalue weighted by Crippen LogP contribution is -2.56. The summed E-state index contributed by atoms with van der Waals surface area (Å²) in [5, 5.41) is 21.6. The molecule has 0 radical (unpaired) electrons. The van der Waals surface area contributed by atoms with Crippen LogP contribution in [0.25, 0.3) is 0 Å². The number of hydrogen-bond acceptors (Lipinski definition) is 7. The number of nitrogens with one attached hydrogen (secondary N) is 4. The standard InChI is InChI=1S/C23H40N4O6S/c1-5-6-9-24-21(30)15(2)12-20(29)18-13-33-10-7-8-11-34-14-19(26-17(4)28)23(32)25-16(3)22(31)27-18/h7-8,15-16,18-20,29H,5-6,9-14H2,1-4H3,(H,24,30)(H,25,32)(H,26,28)(H,27,31)/b8-7-/t15-,16+,18+,19+,20+/m1/s1. The van der Waals surface area contributed by atoms with Crippen molar-refractivity contribution in [1.29, 1.82) is 0 Å². The van der Waals surface area contributed by atoms with E-state index in [4.69, 9.17) is 4.74 Å². The van der Waals surface area contributed by atoms with E-state index in [1.54, 1.807) is 6.92 Å². The van der Waals surface area contributed by atoms with E-state index >= 15 is 0 Å². The number of aliphatic hydroxyl groups excluding tert-OH is 1. The van der Waals surface area contributed by atoms with Gasteiger partial charge in [0.1, 0.15) is 12.1 Å². The SMILES string of the molecule is CCCCNC(=O)[C@H](C)C[C@H](O)[C@@H]1COC/C=C\CSC[C@H](NC(C)=O)C(=O)N[C@@H](C)C(=O)N1. The van der Waals surface area contributed by atoms with Gasteiger partial charge in [0.05, 0.1) is 25.4 Å². The van der Waals surface area contributed by atoms with Crippen molar-refractivity contribution in [3.05, 3.63) is 12.2 Å². The second-order valence-corrected chi connectivity index (χ2v) is 9.57. The third-order valence-electron chi connectivity index (χ3n) is 5.29. The van der Waals surface area contributed by atoms with Crippen LogP contribution >= 0.6 is 11.8 Å². The number of thioether (sulfide) groups is 1. The van der Waals surface area contributed by atoms with Crippen LogP contribution in [0.1, 0.15) is 47.0 Å². The molecule has 0 aromatic heterocycles. The van der Waals surface area contributed by atoms with Crippen molar-refractivity contribution in [2.75, 3.05) is 31.3 Å². The van der Waals surface area contributed by atoms with Gasteiger partial charge in [-0.1, -0.05) is 32.4 Å². The number of aliphatic hydroxyl groups is 1. The van der Waals surface area contributed by atoms with Crippen LogP contribution in [0, 0.1) is 5.92 Å². The Morgan fingerprint density at radius 3 is 2.68 bits per heavy atom. The largest absolute Gasteiger partial charge is 0.391 e. The molecule has 0 aromatic carbocycles. The highest BCUT2D eigenvalue weighted by molar-refractivity contribution is 7.99. The van der Waals surface area contributed by atoms with Crippen molar-refractivity contribution in [3.8, 4) is 0 Å². The predicted octanol–water partition coefficient (Wildman–Crippen LogP) is 0.104. The number of ether oxygens (including phenoxy) is 1. The molecular weight excluding hydrogens is 460 g/mol. The highest BCUT2D eigenvalue weighted by Crippen LogP contribution is 2.11. The Morgan fingerprint density at radius 2 is 2.00 bits per heavy atom. The quantitative estimate of drug-likeness (QED) is 0.235. The zero-order valence-electron chi connectivity index (χ0n) is 20.6. The fourth-order valence-corrected chi connectivity index (χ4v) is 4.09. The van der Waals surface area contributed by atoms with Crippen LogP contribution in [-0.4, -0.2) is 84.2 Å². The normalized spacial score (nSPS) is 25.5. The molecule has 11 heteroatoms. The lowest BCUT2D eigenvalue weighted by molar-refractivity contribution is -0.132. The number of amides is 4. The molecule has 0 fully saturated rings. The highest BCUT2D eigenvalue weighted by atomic mass is 32.2. The van der Waals surface area contributed by atoms with Gasteiger partial charge in [-0.15, -0.1) is 0 Å². The molecule has 0 saturated heterocycles. The fourth-order valence-electron chi connectivity index (χ4n) is 3.21. The first-order valence-electron chi connectivity index (χ1n) is 11.8. The molecule has 194 valence electrons. The van der Waals surface area contributed by atoms with Crippen LogP contribution in [-0.2, 0) is 23.9 Å². The maximum atomic E-state index is 12.8. The molecule has 1 heterocycles. The average molecular weight is 501 g/mol. The Balaban J connectivity index is 2.86. The molecule has 0 saturated carbocycles. The highest BCUT2D eigenvalue weighted by Gasteiger charge is 2.29. The number of carbonyl (C=O) groups excluding carboxylic acids is 4. The molecule has 1 aliphatic heterocycles. The van der Waals surface area contributed by atoms with Crippen LogP contribution in [0.5, 0.6) is 0 Å². The number of carbonyl (C=O) groups is 4. The van der Waals surface area contributed by atoms with Gasteiger partial charge in [-0.3, -0.25) is 19.2 Å². The Kier molecular flexibility index (Phi) is 14.5. The Bertz CT molecular complexity index is 705. The maximum Gasteiger partial charge on any atom is 0.244 e. The van der Waals surface area contributed by atoms with E-state index in [1.807, 2.05) is 19.1 Å². The van der Waals surface area contributed by atoms with Crippen molar-refractivity contribution in [2.45, 2.75) is 71.2 Å². The lowest BCUT2D eigenvalue weighted by Gasteiger charge is -2.27.